The third-order valence-corrected chi connectivity index (χ3v) is 3.39. The van der Waals surface area contributed by atoms with E-state index in [1.807, 2.05) is 18.2 Å². The van der Waals surface area contributed by atoms with Gasteiger partial charge in [-0.15, -0.1) is 0 Å². The van der Waals surface area contributed by atoms with Crippen LogP contribution in [0.4, 0.5) is 5.69 Å². The Labute approximate surface area is 102 Å². The Hall–Kier alpha value is -0.730. The molecule has 2 unspecified atom stereocenters. The highest BCUT2D eigenvalue weighted by atomic mass is 35.5. The molecule has 0 aromatic heterocycles. The molecule has 1 aliphatic rings. The number of benzene rings is 1. The van der Waals surface area contributed by atoms with Gasteiger partial charge in [-0.3, -0.25) is 0 Å². The minimum atomic E-state index is 0.487. The quantitative estimate of drug-likeness (QED) is 0.868. The second-order valence-electron chi connectivity index (χ2n) is 4.29. The fourth-order valence-corrected chi connectivity index (χ4v) is 2.41. The molecular formula is C13H18ClNO. The standard InChI is InChI=1S/C13H18ClNO/c1-2-13(10-6-7-16-9-10)15-12-5-3-4-11(14)8-12/h3-5,8,10,13,15H,2,6-7,9H2,1H3. The molecule has 1 aromatic rings. The van der Waals surface area contributed by atoms with E-state index < -0.39 is 0 Å². The summed E-state index contributed by atoms with van der Waals surface area (Å²) in [5.41, 5.74) is 1.10. The highest BCUT2D eigenvalue weighted by molar-refractivity contribution is 6.30. The highest BCUT2D eigenvalue weighted by Crippen LogP contribution is 2.23. The molecule has 2 rings (SSSR count). The molecule has 0 amide bonds. The Morgan fingerprint density at radius 1 is 1.56 bits per heavy atom. The van der Waals surface area contributed by atoms with Crippen LogP contribution in [-0.2, 0) is 4.74 Å². The molecule has 88 valence electrons. The SMILES string of the molecule is CCC(Nc1cccc(Cl)c1)C1CCOC1. The van der Waals surface area contributed by atoms with Crippen molar-refractivity contribution >= 4 is 17.3 Å². The highest BCUT2D eigenvalue weighted by Gasteiger charge is 2.24. The Morgan fingerprint density at radius 3 is 3.06 bits per heavy atom. The lowest BCUT2D eigenvalue weighted by molar-refractivity contribution is 0.182. The average Bonchev–Trinajstić information content (AvgIpc) is 2.79. The molecule has 1 saturated heterocycles. The van der Waals surface area contributed by atoms with Crippen LogP contribution in [0.1, 0.15) is 19.8 Å². The van der Waals surface area contributed by atoms with Crippen LogP contribution < -0.4 is 5.32 Å². The fourth-order valence-electron chi connectivity index (χ4n) is 2.22. The van der Waals surface area contributed by atoms with E-state index in [0.717, 1.165) is 36.8 Å². The van der Waals surface area contributed by atoms with Gasteiger partial charge in [0.15, 0.2) is 0 Å². The third kappa shape index (κ3) is 2.89. The first kappa shape index (κ1) is 11.7. The summed E-state index contributed by atoms with van der Waals surface area (Å²) in [6.07, 6.45) is 2.27. The van der Waals surface area contributed by atoms with E-state index in [2.05, 4.69) is 18.3 Å². The topological polar surface area (TPSA) is 21.3 Å². The van der Waals surface area contributed by atoms with Gasteiger partial charge in [-0.2, -0.15) is 0 Å². The minimum Gasteiger partial charge on any atom is -0.382 e. The Morgan fingerprint density at radius 2 is 2.44 bits per heavy atom. The smallest absolute Gasteiger partial charge is 0.0514 e. The van der Waals surface area contributed by atoms with E-state index in [4.69, 9.17) is 16.3 Å². The summed E-state index contributed by atoms with van der Waals surface area (Å²) >= 11 is 5.97. The average molecular weight is 240 g/mol. The van der Waals surface area contributed by atoms with Crippen LogP contribution in [0.3, 0.4) is 0 Å². The molecule has 1 fully saturated rings. The van der Waals surface area contributed by atoms with Crippen LogP contribution >= 0.6 is 11.6 Å². The molecular weight excluding hydrogens is 222 g/mol. The van der Waals surface area contributed by atoms with Crippen molar-refractivity contribution in [2.45, 2.75) is 25.8 Å². The van der Waals surface area contributed by atoms with Crippen molar-refractivity contribution in [3.63, 3.8) is 0 Å². The zero-order valence-corrected chi connectivity index (χ0v) is 10.3. The maximum Gasteiger partial charge on any atom is 0.0514 e. The molecule has 0 spiro atoms. The zero-order chi connectivity index (χ0) is 11.4. The van der Waals surface area contributed by atoms with Crippen LogP contribution in [0.15, 0.2) is 24.3 Å². The second kappa shape index (κ2) is 5.55. The van der Waals surface area contributed by atoms with E-state index in [1.54, 1.807) is 0 Å². The second-order valence-corrected chi connectivity index (χ2v) is 4.73. The first-order valence-corrected chi connectivity index (χ1v) is 6.27. The van der Waals surface area contributed by atoms with Crippen molar-refractivity contribution in [1.29, 1.82) is 0 Å². The van der Waals surface area contributed by atoms with Crippen LogP contribution in [0.5, 0.6) is 0 Å². The van der Waals surface area contributed by atoms with Crippen molar-refractivity contribution < 1.29 is 4.74 Å². The van der Waals surface area contributed by atoms with E-state index >= 15 is 0 Å². The van der Waals surface area contributed by atoms with Gasteiger partial charge in [-0.1, -0.05) is 24.6 Å². The number of halogens is 1. The van der Waals surface area contributed by atoms with Gasteiger partial charge in [0, 0.05) is 29.3 Å². The monoisotopic (exact) mass is 239 g/mol. The molecule has 1 heterocycles. The van der Waals surface area contributed by atoms with Crippen LogP contribution in [0.25, 0.3) is 0 Å². The zero-order valence-electron chi connectivity index (χ0n) is 9.58. The van der Waals surface area contributed by atoms with Crippen molar-refractivity contribution in [3.05, 3.63) is 29.3 Å². The predicted octanol–water partition coefficient (Wildman–Crippen LogP) is 3.57. The molecule has 2 atom stereocenters. The molecule has 1 aromatic carbocycles. The molecule has 16 heavy (non-hydrogen) atoms. The molecule has 0 aliphatic carbocycles. The van der Waals surface area contributed by atoms with Crippen molar-refractivity contribution in [3.8, 4) is 0 Å². The largest absolute Gasteiger partial charge is 0.382 e. The molecule has 0 radical (unpaired) electrons. The summed E-state index contributed by atoms with van der Waals surface area (Å²) in [7, 11) is 0. The number of ether oxygens (including phenoxy) is 1. The van der Waals surface area contributed by atoms with Gasteiger partial charge in [0.1, 0.15) is 0 Å². The Bertz CT molecular complexity index is 336. The Kier molecular flexibility index (Phi) is 4.08. The number of rotatable bonds is 4. The lowest BCUT2D eigenvalue weighted by atomic mass is 9.96. The van der Waals surface area contributed by atoms with Gasteiger partial charge in [0.2, 0.25) is 0 Å². The lowest BCUT2D eigenvalue weighted by Crippen LogP contribution is -2.28. The normalized spacial score (nSPS) is 22.0. The van der Waals surface area contributed by atoms with E-state index in [-0.39, 0.29) is 0 Å². The number of hydrogen-bond acceptors (Lipinski definition) is 2. The molecule has 0 bridgehead atoms. The van der Waals surface area contributed by atoms with E-state index in [0.29, 0.717) is 12.0 Å². The molecule has 1 N–H and O–H groups in total. The van der Waals surface area contributed by atoms with Gasteiger partial charge in [-0.25, -0.2) is 0 Å². The van der Waals surface area contributed by atoms with Crippen LogP contribution in [-0.4, -0.2) is 19.3 Å². The molecule has 3 heteroatoms. The lowest BCUT2D eigenvalue weighted by Gasteiger charge is -2.23. The summed E-state index contributed by atoms with van der Waals surface area (Å²) in [4.78, 5) is 0. The van der Waals surface area contributed by atoms with Gasteiger partial charge >= 0.3 is 0 Å². The van der Waals surface area contributed by atoms with E-state index in [9.17, 15) is 0 Å². The van der Waals surface area contributed by atoms with Gasteiger partial charge in [0.05, 0.1) is 6.61 Å². The maximum absolute atomic E-state index is 5.97. The summed E-state index contributed by atoms with van der Waals surface area (Å²) in [6, 6.07) is 8.39. The number of anilines is 1. The Balaban J connectivity index is 2.00. The first-order chi connectivity index (χ1) is 7.79. The minimum absolute atomic E-state index is 0.487. The summed E-state index contributed by atoms with van der Waals surface area (Å²) < 4.78 is 5.44. The van der Waals surface area contributed by atoms with Crippen molar-refractivity contribution in [2.24, 2.45) is 5.92 Å². The molecule has 1 aliphatic heterocycles. The van der Waals surface area contributed by atoms with E-state index in [1.165, 1.54) is 0 Å². The van der Waals surface area contributed by atoms with Crippen molar-refractivity contribution in [2.75, 3.05) is 18.5 Å². The van der Waals surface area contributed by atoms with Crippen LogP contribution in [0.2, 0.25) is 5.02 Å². The maximum atomic E-state index is 5.97. The number of nitrogens with one attached hydrogen (secondary N) is 1. The molecule has 0 saturated carbocycles. The summed E-state index contributed by atoms with van der Waals surface area (Å²) in [6.45, 7) is 3.99. The summed E-state index contributed by atoms with van der Waals surface area (Å²) in [5, 5.41) is 4.33. The van der Waals surface area contributed by atoms with Gasteiger partial charge in [0.25, 0.3) is 0 Å². The third-order valence-electron chi connectivity index (χ3n) is 3.15. The van der Waals surface area contributed by atoms with Crippen molar-refractivity contribution in [1.82, 2.24) is 0 Å². The summed E-state index contributed by atoms with van der Waals surface area (Å²) in [5.74, 6) is 0.629. The van der Waals surface area contributed by atoms with Crippen LogP contribution in [0, 0.1) is 5.92 Å². The number of hydrogen-bond donors (Lipinski definition) is 1. The fraction of sp³-hybridized carbons (Fsp3) is 0.538. The van der Waals surface area contributed by atoms with Gasteiger partial charge in [-0.05, 0) is 31.0 Å². The molecule has 2 nitrogen and oxygen atoms in total. The van der Waals surface area contributed by atoms with Gasteiger partial charge < -0.3 is 10.1 Å². The first-order valence-electron chi connectivity index (χ1n) is 5.89. The predicted molar refractivity (Wildman–Crippen MR) is 68.1 cm³/mol.